The number of benzene rings is 2. The Labute approximate surface area is 113 Å². The fourth-order valence-corrected chi connectivity index (χ4v) is 3.40. The molecule has 0 aliphatic carbocycles. The standard InChI is InChI=1S/C15H13NO2S/c1-11-6-8-12(9-7-11)10-16-15(17)13-4-2-3-5-14(13)19(16)18/h2-9H,10H2,1H3. The minimum Gasteiger partial charge on any atom is -0.570 e. The van der Waals surface area contributed by atoms with Crippen LogP contribution < -0.4 is 5.56 Å². The van der Waals surface area contributed by atoms with E-state index in [0.29, 0.717) is 16.6 Å². The first-order chi connectivity index (χ1) is 9.16. The second-order valence-corrected chi connectivity index (χ2v) is 5.95. The molecule has 1 heterocycles. The van der Waals surface area contributed by atoms with Crippen LogP contribution in [0.3, 0.4) is 0 Å². The average molecular weight is 271 g/mol. The Morgan fingerprint density at radius 3 is 2.47 bits per heavy atom. The third-order valence-corrected chi connectivity index (χ3v) is 4.61. The molecule has 0 radical (unpaired) electrons. The van der Waals surface area contributed by atoms with Crippen molar-refractivity contribution in [1.82, 2.24) is 3.96 Å². The van der Waals surface area contributed by atoms with Crippen molar-refractivity contribution in [2.45, 2.75) is 13.5 Å². The zero-order valence-corrected chi connectivity index (χ0v) is 11.3. The highest BCUT2D eigenvalue weighted by atomic mass is 32.2. The van der Waals surface area contributed by atoms with E-state index >= 15 is 0 Å². The second-order valence-electron chi connectivity index (χ2n) is 4.57. The molecule has 0 fully saturated rings. The van der Waals surface area contributed by atoms with Crippen molar-refractivity contribution in [2.24, 2.45) is 0 Å². The summed E-state index contributed by atoms with van der Waals surface area (Å²) in [5.74, 6) is 0. The maximum absolute atomic E-state index is 12.3. The molecule has 0 N–H and O–H groups in total. The Hall–Kier alpha value is -1.91. The molecule has 0 amide bonds. The average Bonchev–Trinajstić information content (AvgIpc) is 2.67. The molecule has 0 saturated carbocycles. The van der Waals surface area contributed by atoms with Crippen molar-refractivity contribution >= 4 is 21.0 Å². The van der Waals surface area contributed by atoms with Crippen molar-refractivity contribution in [3.63, 3.8) is 0 Å². The lowest BCUT2D eigenvalue weighted by Gasteiger charge is -2.02. The molecule has 0 spiro atoms. The van der Waals surface area contributed by atoms with Crippen molar-refractivity contribution in [3.8, 4) is 0 Å². The van der Waals surface area contributed by atoms with Crippen LogP contribution in [0.5, 0.6) is 0 Å². The molecule has 0 aliphatic heterocycles. The van der Waals surface area contributed by atoms with Gasteiger partial charge in [0, 0.05) is 17.0 Å². The van der Waals surface area contributed by atoms with Gasteiger partial charge in [-0.2, -0.15) is 0 Å². The van der Waals surface area contributed by atoms with Crippen LogP contribution in [0.2, 0.25) is 0 Å². The predicted molar refractivity (Wildman–Crippen MR) is 77.1 cm³/mol. The first-order valence-corrected chi connectivity index (χ1v) is 7.16. The first-order valence-electron chi connectivity index (χ1n) is 6.05. The maximum atomic E-state index is 12.3. The van der Waals surface area contributed by atoms with Crippen molar-refractivity contribution in [2.75, 3.05) is 0 Å². The summed E-state index contributed by atoms with van der Waals surface area (Å²) in [6.07, 6.45) is 0. The maximum Gasteiger partial charge on any atom is 0.304 e. The highest BCUT2D eigenvalue weighted by Crippen LogP contribution is 2.25. The monoisotopic (exact) mass is 271 g/mol. The van der Waals surface area contributed by atoms with Gasteiger partial charge in [-0.1, -0.05) is 42.0 Å². The van der Waals surface area contributed by atoms with Crippen LogP contribution in [-0.4, -0.2) is 8.51 Å². The number of rotatable bonds is 2. The Morgan fingerprint density at radius 2 is 1.79 bits per heavy atom. The van der Waals surface area contributed by atoms with Crippen LogP contribution in [0, 0.1) is 6.92 Å². The van der Waals surface area contributed by atoms with Gasteiger partial charge in [-0.3, -0.25) is 4.79 Å². The van der Waals surface area contributed by atoms with Gasteiger partial charge in [-0.25, -0.2) is 0 Å². The molecule has 1 atom stereocenters. The van der Waals surface area contributed by atoms with E-state index in [1.165, 1.54) is 9.52 Å². The van der Waals surface area contributed by atoms with Crippen LogP contribution >= 0.6 is 10.9 Å². The summed E-state index contributed by atoms with van der Waals surface area (Å²) in [4.78, 5) is 12.2. The molecule has 0 bridgehead atoms. The molecule has 2 aromatic carbocycles. The summed E-state index contributed by atoms with van der Waals surface area (Å²) in [5, 5.41) is 0.549. The number of hydrogen-bond acceptors (Lipinski definition) is 2. The Kier molecular flexibility index (Phi) is 2.97. The topological polar surface area (TPSA) is 45.1 Å². The minimum absolute atomic E-state index is 0.158. The fourth-order valence-electron chi connectivity index (χ4n) is 2.11. The summed E-state index contributed by atoms with van der Waals surface area (Å²) in [7, 11) is -1.39. The van der Waals surface area contributed by atoms with E-state index in [4.69, 9.17) is 0 Å². The van der Waals surface area contributed by atoms with Crippen LogP contribution in [0.1, 0.15) is 11.1 Å². The van der Waals surface area contributed by atoms with Gasteiger partial charge in [0.05, 0.1) is 6.54 Å². The normalized spacial score (nSPS) is 12.0. The molecule has 96 valence electrons. The van der Waals surface area contributed by atoms with Crippen molar-refractivity contribution in [3.05, 3.63) is 70.0 Å². The number of nitrogens with zero attached hydrogens (tertiary/aromatic N) is 1. The molecular weight excluding hydrogens is 258 g/mol. The quantitative estimate of drug-likeness (QED) is 0.672. The summed E-state index contributed by atoms with van der Waals surface area (Å²) < 4.78 is 14.3. The Morgan fingerprint density at radius 1 is 1.11 bits per heavy atom. The number of aromatic nitrogens is 1. The van der Waals surface area contributed by atoms with Gasteiger partial charge in [0.15, 0.2) is 0 Å². The highest BCUT2D eigenvalue weighted by molar-refractivity contribution is 7.26. The van der Waals surface area contributed by atoms with Gasteiger partial charge in [-0.05, 0) is 18.6 Å². The molecular formula is C15H13NO2S. The SMILES string of the molecule is Cc1ccc(Cn2c(=O)c3ccccc3[s+]2[O-])cc1. The highest BCUT2D eigenvalue weighted by Gasteiger charge is 2.17. The van der Waals surface area contributed by atoms with E-state index < -0.39 is 10.9 Å². The van der Waals surface area contributed by atoms with Crippen LogP contribution in [-0.2, 0) is 6.54 Å². The summed E-state index contributed by atoms with van der Waals surface area (Å²) in [5.41, 5.74) is 2.00. The molecule has 4 heteroatoms. The van der Waals surface area contributed by atoms with E-state index in [2.05, 4.69) is 0 Å². The fraction of sp³-hybridized carbons (Fsp3) is 0.133. The molecule has 0 aliphatic rings. The predicted octanol–water partition coefficient (Wildman–Crippen LogP) is 3.09. The molecule has 19 heavy (non-hydrogen) atoms. The van der Waals surface area contributed by atoms with Gasteiger partial charge in [0.25, 0.3) is 0 Å². The zero-order valence-electron chi connectivity index (χ0n) is 10.5. The third-order valence-electron chi connectivity index (χ3n) is 3.18. The van der Waals surface area contributed by atoms with Gasteiger partial charge < -0.3 is 4.55 Å². The van der Waals surface area contributed by atoms with Crippen molar-refractivity contribution < 1.29 is 4.55 Å². The summed E-state index contributed by atoms with van der Waals surface area (Å²) in [6, 6.07) is 15.0. The lowest BCUT2D eigenvalue weighted by Crippen LogP contribution is -2.15. The summed E-state index contributed by atoms with van der Waals surface area (Å²) >= 11 is 0. The lowest BCUT2D eigenvalue weighted by molar-refractivity contribution is 0.575. The number of fused-ring (bicyclic) bond motifs is 1. The van der Waals surface area contributed by atoms with E-state index in [0.717, 1.165) is 5.56 Å². The van der Waals surface area contributed by atoms with E-state index in [1.54, 1.807) is 24.3 Å². The number of aryl methyl sites for hydroxylation is 1. The molecule has 0 saturated heterocycles. The number of hydrogen-bond donors (Lipinski definition) is 0. The molecule has 1 unspecified atom stereocenters. The largest absolute Gasteiger partial charge is 0.570 e. The Balaban J connectivity index is 2.10. The van der Waals surface area contributed by atoms with Crippen LogP contribution in [0.15, 0.2) is 53.3 Å². The second kappa shape index (κ2) is 4.64. The van der Waals surface area contributed by atoms with Gasteiger partial charge in [0.2, 0.25) is 4.70 Å². The third kappa shape index (κ3) is 2.09. The molecule has 3 aromatic rings. The van der Waals surface area contributed by atoms with Crippen LogP contribution in [0.4, 0.5) is 0 Å². The van der Waals surface area contributed by atoms with Crippen molar-refractivity contribution in [1.29, 1.82) is 0 Å². The van der Waals surface area contributed by atoms with E-state index in [-0.39, 0.29) is 5.56 Å². The first kappa shape index (κ1) is 12.1. The van der Waals surface area contributed by atoms with E-state index in [9.17, 15) is 9.35 Å². The zero-order chi connectivity index (χ0) is 13.4. The molecule has 3 nitrogen and oxygen atoms in total. The molecule has 1 aromatic heterocycles. The minimum atomic E-state index is -1.39. The van der Waals surface area contributed by atoms with Crippen LogP contribution in [0.25, 0.3) is 10.1 Å². The Bertz CT molecular complexity index is 784. The lowest BCUT2D eigenvalue weighted by atomic mass is 10.1. The summed E-state index contributed by atoms with van der Waals surface area (Å²) in [6.45, 7) is 2.39. The van der Waals surface area contributed by atoms with Gasteiger partial charge in [0.1, 0.15) is 5.39 Å². The molecule has 3 rings (SSSR count). The van der Waals surface area contributed by atoms with Gasteiger partial charge in [-0.15, -0.1) is 3.96 Å². The van der Waals surface area contributed by atoms with Gasteiger partial charge >= 0.3 is 5.56 Å². The smallest absolute Gasteiger partial charge is 0.304 e. The van der Waals surface area contributed by atoms with E-state index in [1.807, 2.05) is 31.2 Å².